The highest BCUT2D eigenvalue weighted by Gasteiger charge is 2.21. The van der Waals surface area contributed by atoms with Crippen molar-refractivity contribution in [3.05, 3.63) is 29.8 Å². The van der Waals surface area contributed by atoms with E-state index in [1.807, 2.05) is 24.3 Å². The molecule has 3 rings (SSSR count). The highest BCUT2D eigenvalue weighted by molar-refractivity contribution is 14.0. The number of benzene rings is 1. The Morgan fingerprint density at radius 2 is 2.04 bits per heavy atom. The van der Waals surface area contributed by atoms with Gasteiger partial charge in [0.15, 0.2) is 5.96 Å². The molecule has 8 heteroatoms. The van der Waals surface area contributed by atoms with Crippen LogP contribution in [-0.4, -0.2) is 63.2 Å². The Kier molecular flexibility index (Phi) is 10.0. The molecule has 0 radical (unpaired) electrons. The van der Waals surface area contributed by atoms with Crippen molar-refractivity contribution < 1.29 is 9.53 Å². The number of carbonyl (C=O) groups excluding carboxylic acids is 1. The Bertz CT molecular complexity index is 645. The van der Waals surface area contributed by atoms with Crippen LogP contribution >= 0.6 is 24.0 Å². The van der Waals surface area contributed by atoms with Crippen molar-refractivity contribution in [2.75, 3.05) is 51.8 Å². The predicted octanol–water partition coefficient (Wildman–Crippen LogP) is 2.04. The summed E-state index contributed by atoms with van der Waals surface area (Å²) in [5, 5.41) is 9.68. The van der Waals surface area contributed by atoms with Gasteiger partial charge in [0.25, 0.3) is 0 Å². The highest BCUT2D eigenvalue weighted by atomic mass is 127. The lowest BCUT2D eigenvalue weighted by Gasteiger charge is -2.26. The van der Waals surface area contributed by atoms with Crippen molar-refractivity contribution in [3.8, 4) is 0 Å². The second-order valence-electron chi connectivity index (χ2n) is 7.20. The fourth-order valence-electron chi connectivity index (χ4n) is 3.04. The van der Waals surface area contributed by atoms with Crippen molar-refractivity contribution in [2.24, 2.45) is 10.9 Å². The Balaban J connectivity index is 0.00000280. The molecule has 2 fully saturated rings. The lowest BCUT2D eigenvalue weighted by Crippen LogP contribution is -2.38. The Labute approximate surface area is 184 Å². The average Bonchev–Trinajstić information content (AvgIpc) is 3.52. The first-order chi connectivity index (χ1) is 13.2. The van der Waals surface area contributed by atoms with E-state index in [2.05, 4.69) is 25.8 Å². The van der Waals surface area contributed by atoms with Crippen molar-refractivity contribution in [2.45, 2.75) is 25.8 Å². The van der Waals surface area contributed by atoms with Crippen LogP contribution in [0, 0.1) is 5.92 Å². The van der Waals surface area contributed by atoms with Gasteiger partial charge in [-0.3, -0.25) is 14.7 Å². The Morgan fingerprint density at radius 1 is 1.25 bits per heavy atom. The van der Waals surface area contributed by atoms with Gasteiger partial charge in [-0.1, -0.05) is 12.1 Å². The maximum atomic E-state index is 12.2. The number of aliphatic imine (C=N–C) groups is 1. The second-order valence-corrected chi connectivity index (χ2v) is 7.20. The standard InChI is InChI=1S/C20H31N5O2.HI/c1-21-20(22-14-16-5-6-16)23-15-17-3-2-4-18(13-17)24-19(26)7-8-25-9-11-27-12-10-25;/h2-4,13,16H,5-12,14-15H2,1H3,(H,24,26)(H2,21,22,23);1H. The summed E-state index contributed by atoms with van der Waals surface area (Å²) in [5.41, 5.74) is 1.94. The first-order valence-corrected chi connectivity index (χ1v) is 9.86. The lowest BCUT2D eigenvalue weighted by molar-refractivity contribution is -0.116. The quantitative estimate of drug-likeness (QED) is 0.289. The molecule has 1 saturated carbocycles. The normalized spacial score (nSPS) is 17.5. The first kappa shape index (κ1) is 22.9. The topological polar surface area (TPSA) is 78.0 Å². The van der Waals surface area contributed by atoms with Crippen molar-refractivity contribution in [3.63, 3.8) is 0 Å². The fraction of sp³-hybridized carbons (Fsp3) is 0.600. The summed E-state index contributed by atoms with van der Waals surface area (Å²) in [6.07, 6.45) is 3.13. The third-order valence-electron chi connectivity index (χ3n) is 4.91. The number of carbonyl (C=O) groups is 1. The molecule has 0 bridgehead atoms. The van der Waals surface area contributed by atoms with Crippen LogP contribution in [0.5, 0.6) is 0 Å². The number of halogens is 1. The summed E-state index contributed by atoms with van der Waals surface area (Å²) in [6.45, 7) is 5.76. The molecule has 2 aliphatic rings. The summed E-state index contributed by atoms with van der Waals surface area (Å²) in [4.78, 5) is 18.7. The molecule has 0 atom stereocenters. The number of amides is 1. The van der Waals surface area contributed by atoms with Crippen LogP contribution < -0.4 is 16.0 Å². The minimum Gasteiger partial charge on any atom is -0.379 e. The van der Waals surface area contributed by atoms with E-state index in [1.54, 1.807) is 7.05 Å². The molecular weight excluding hydrogens is 469 g/mol. The van der Waals surface area contributed by atoms with Gasteiger partial charge in [-0.2, -0.15) is 0 Å². The van der Waals surface area contributed by atoms with Crippen LogP contribution in [0.1, 0.15) is 24.8 Å². The molecule has 1 aliphatic carbocycles. The zero-order valence-electron chi connectivity index (χ0n) is 16.6. The first-order valence-electron chi connectivity index (χ1n) is 9.86. The number of hydrogen-bond donors (Lipinski definition) is 3. The SMILES string of the molecule is CN=C(NCc1cccc(NC(=O)CCN2CCOCC2)c1)NCC1CC1.I. The molecule has 1 aromatic carbocycles. The van der Waals surface area contributed by atoms with Gasteiger partial charge >= 0.3 is 0 Å². The van der Waals surface area contributed by atoms with E-state index in [0.29, 0.717) is 13.0 Å². The van der Waals surface area contributed by atoms with Gasteiger partial charge in [-0.05, 0) is 36.5 Å². The Morgan fingerprint density at radius 3 is 2.75 bits per heavy atom. The molecule has 1 aromatic rings. The molecule has 156 valence electrons. The number of nitrogens with zero attached hydrogens (tertiary/aromatic N) is 2. The predicted molar refractivity (Wildman–Crippen MR) is 123 cm³/mol. The number of rotatable bonds is 8. The maximum Gasteiger partial charge on any atom is 0.225 e. The van der Waals surface area contributed by atoms with E-state index in [0.717, 1.165) is 62.5 Å². The molecule has 7 nitrogen and oxygen atoms in total. The van der Waals surface area contributed by atoms with Crippen molar-refractivity contribution in [1.82, 2.24) is 15.5 Å². The zero-order chi connectivity index (χ0) is 18.9. The molecule has 1 saturated heterocycles. The minimum atomic E-state index is 0. The van der Waals surface area contributed by atoms with Crippen LogP contribution in [0.25, 0.3) is 0 Å². The number of nitrogens with one attached hydrogen (secondary N) is 3. The molecular formula is C20H32IN5O2. The largest absolute Gasteiger partial charge is 0.379 e. The number of ether oxygens (including phenoxy) is 1. The molecule has 1 amide bonds. The van der Waals surface area contributed by atoms with E-state index in [1.165, 1.54) is 12.8 Å². The molecule has 0 unspecified atom stereocenters. The monoisotopic (exact) mass is 501 g/mol. The second kappa shape index (κ2) is 12.2. The van der Waals surface area contributed by atoms with Crippen molar-refractivity contribution in [1.29, 1.82) is 0 Å². The van der Waals surface area contributed by atoms with Gasteiger partial charge < -0.3 is 20.7 Å². The molecule has 1 aliphatic heterocycles. The zero-order valence-corrected chi connectivity index (χ0v) is 18.9. The lowest BCUT2D eigenvalue weighted by atomic mass is 10.2. The molecule has 1 heterocycles. The Hall–Kier alpha value is -1.39. The molecule has 28 heavy (non-hydrogen) atoms. The van der Waals surface area contributed by atoms with Crippen LogP contribution in [0.3, 0.4) is 0 Å². The van der Waals surface area contributed by atoms with Gasteiger partial charge in [-0.15, -0.1) is 24.0 Å². The van der Waals surface area contributed by atoms with Gasteiger partial charge in [0.2, 0.25) is 5.91 Å². The van der Waals surface area contributed by atoms with Gasteiger partial charge in [0, 0.05) is 51.9 Å². The van der Waals surface area contributed by atoms with Gasteiger partial charge in [-0.25, -0.2) is 0 Å². The maximum absolute atomic E-state index is 12.2. The van der Waals surface area contributed by atoms with E-state index < -0.39 is 0 Å². The number of morpholine rings is 1. The number of anilines is 1. The van der Waals surface area contributed by atoms with E-state index in [-0.39, 0.29) is 29.9 Å². The highest BCUT2D eigenvalue weighted by Crippen LogP contribution is 2.27. The van der Waals surface area contributed by atoms with E-state index in [9.17, 15) is 4.79 Å². The average molecular weight is 501 g/mol. The van der Waals surface area contributed by atoms with Gasteiger partial charge in [0.05, 0.1) is 13.2 Å². The molecule has 0 spiro atoms. The summed E-state index contributed by atoms with van der Waals surface area (Å²) in [5.74, 6) is 1.68. The summed E-state index contributed by atoms with van der Waals surface area (Å²) < 4.78 is 5.33. The van der Waals surface area contributed by atoms with Gasteiger partial charge in [0.1, 0.15) is 0 Å². The molecule has 3 N–H and O–H groups in total. The summed E-state index contributed by atoms with van der Waals surface area (Å²) in [7, 11) is 1.79. The molecule has 0 aromatic heterocycles. The number of guanidine groups is 1. The number of hydrogen-bond acceptors (Lipinski definition) is 4. The van der Waals surface area contributed by atoms with Crippen LogP contribution in [0.2, 0.25) is 0 Å². The van der Waals surface area contributed by atoms with E-state index >= 15 is 0 Å². The third-order valence-corrected chi connectivity index (χ3v) is 4.91. The summed E-state index contributed by atoms with van der Waals surface area (Å²) in [6, 6.07) is 7.95. The van der Waals surface area contributed by atoms with Crippen LogP contribution in [0.15, 0.2) is 29.3 Å². The van der Waals surface area contributed by atoms with Crippen LogP contribution in [-0.2, 0) is 16.1 Å². The van der Waals surface area contributed by atoms with Crippen molar-refractivity contribution >= 4 is 41.5 Å². The van der Waals surface area contributed by atoms with E-state index in [4.69, 9.17) is 4.74 Å². The smallest absolute Gasteiger partial charge is 0.225 e. The minimum absolute atomic E-state index is 0. The fourth-order valence-corrected chi connectivity index (χ4v) is 3.04. The summed E-state index contributed by atoms with van der Waals surface area (Å²) >= 11 is 0. The third kappa shape index (κ3) is 8.32. The van der Waals surface area contributed by atoms with Crippen LogP contribution in [0.4, 0.5) is 5.69 Å².